The van der Waals surface area contributed by atoms with E-state index in [0.29, 0.717) is 0 Å². The fourth-order valence-corrected chi connectivity index (χ4v) is 2.55. The monoisotopic (exact) mass is 235 g/mol. The zero-order valence-corrected chi connectivity index (χ0v) is 10.6. The van der Waals surface area contributed by atoms with E-state index in [1.807, 2.05) is 24.3 Å². The molecule has 1 unspecified atom stereocenters. The van der Waals surface area contributed by atoms with Gasteiger partial charge in [-0.3, -0.25) is 0 Å². The summed E-state index contributed by atoms with van der Waals surface area (Å²) in [6.07, 6.45) is 2.59. The molecule has 0 aromatic heterocycles. The van der Waals surface area contributed by atoms with Crippen molar-refractivity contribution in [3.05, 3.63) is 29.8 Å². The average molecular weight is 235 g/mol. The number of aliphatic hydroxyl groups is 1. The van der Waals surface area contributed by atoms with Crippen molar-refractivity contribution in [3.8, 4) is 5.75 Å². The molecule has 0 amide bonds. The van der Waals surface area contributed by atoms with Crippen LogP contribution in [0.15, 0.2) is 24.3 Å². The topological polar surface area (TPSA) is 32.7 Å². The molecule has 0 aliphatic carbocycles. The van der Waals surface area contributed by atoms with Crippen molar-refractivity contribution in [1.29, 1.82) is 0 Å². The Morgan fingerprint density at radius 1 is 1.24 bits per heavy atom. The van der Waals surface area contributed by atoms with Gasteiger partial charge in [0.25, 0.3) is 0 Å². The van der Waals surface area contributed by atoms with Crippen LogP contribution in [0.2, 0.25) is 0 Å². The minimum Gasteiger partial charge on any atom is -0.496 e. The number of nitrogens with zero attached hydrogens (tertiary/aromatic N) is 1. The second kappa shape index (κ2) is 5.07. The molecule has 1 heterocycles. The molecule has 0 saturated carbocycles. The van der Waals surface area contributed by atoms with E-state index in [1.54, 1.807) is 7.11 Å². The highest BCUT2D eigenvalue weighted by atomic mass is 16.5. The van der Waals surface area contributed by atoms with Gasteiger partial charge >= 0.3 is 0 Å². The molecule has 1 aliphatic heterocycles. The fraction of sp³-hybridized carbons (Fsp3) is 0.571. The van der Waals surface area contributed by atoms with Gasteiger partial charge in [0.05, 0.1) is 12.7 Å². The molecule has 1 aliphatic rings. The first-order valence-electron chi connectivity index (χ1n) is 6.20. The van der Waals surface area contributed by atoms with Crippen molar-refractivity contribution >= 4 is 0 Å². The molecule has 0 radical (unpaired) electrons. The lowest BCUT2D eigenvalue weighted by Crippen LogP contribution is -2.28. The van der Waals surface area contributed by atoms with E-state index in [2.05, 4.69) is 11.9 Å². The Hall–Kier alpha value is -1.06. The van der Waals surface area contributed by atoms with Crippen LogP contribution in [0.4, 0.5) is 0 Å². The number of ether oxygens (including phenoxy) is 1. The van der Waals surface area contributed by atoms with Gasteiger partial charge in [-0.1, -0.05) is 18.2 Å². The maximum Gasteiger partial charge on any atom is 0.124 e. The molecule has 2 rings (SSSR count). The van der Waals surface area contributed by atoms with Crippen LogP contribution in [0, 0.1) is 0 Å². The lowest BCUT2D eigenvalue weighted by molar-refractivity contribution is 0.0196. The van der Waals surface area contributed by atoms with Gasteiger partial charge in [-0.15, -0.1) is 0 Å². The Morgan fingerprint density at radius 3 is 2.76 bits per heavy atom. The van der Waals surface area contributed by atoms with Crippen LogP contribution in [0.1, 0.15) is 24.8 Å². The van der Waals surface area contributed by atoms with Crippen molar-refractivity contribution in [3.63, 3.8) is 0 Å². The van der Waals surface area contributed by atoms with Gasteiger partial charge in [-0.25, -0.2) is 0 Å². The summed E-state index contributed by atoms with van der Waals surface area (Å²) in [7, 11) is 3.76. The number of para-hydroxylation sites is 1. The van der Waals surface area contributed by atoms with E-state index in [9.17, 15) is 5.11 Å². The number of hydrogen-bond acceptors (Lipinski definition) is 3. The predicted octanol–water partition coefficient (Wildman–Crippen LogP) is 2.00. The molecule has 94 valence electrons. The molecule has 1 fully saturated rings. The number of rotatable bonds is 2. The van der Waals surface area contributed by atoms with Gasteiger partial charge in [0.2, 0.25) is 0 Å². The Bertz CT molecular complexity index is 380. The van der Waals surface area contributed by atoms with Crippen molar-refractivity contribution in [2.45, 2.75) is 24.9 Å². The first-order valence-corrected chi connectivity index (χ1v) is 6.20. The summed E-state index contributed by atoms with van der Waals surface area (Å²) in [5.74, 6) is 0.791. The standard InChI is InChI=1S/C14H21NO2/c1-15-10-5-8-14(16,9-11-15)12-6-3-4-7-13(12)17-2/h3-4,6-7,16H,5,8-11H2,1-2H3. The zero-order chi connectivity index (χ0) is 12.3. The Labute approximate surface area is 103 Å². The van der Waals surface area contributed by atoms with Crippen LogP contribution in [0.3, 0.4) is 0 Å². The summed E-state index contributed by atoms with van der Waals surface area (Å²) in [5.41, 5.74) is 0.190. The van der Waals surface area contributed by atoms with Crippen molar-refractivity contribution in [2.24, 2.45) is 0 Å². The second-order valence-electron chi connectivity index (χ2n) is 4.89. The quantitative estimate of drug-likeness (QED) is 0.851. The van der Waals surface area contributed by atoms with E-state index in [1.165, 1.54) is 0 Å². The minimum atomic E-state index is -0.739. The van der Waals surface area contributed by atoms with Gasteiger partial charge in [-0.05, 0) is 38.9 Å². The SMILES string of the molecule is COc1ccccc1C1(O)CCCN(C)CC1. The van der Waals surface area contributed by atoms with Crippen molar-refractivity contribution < 1.29 is 9.84 Å². The summed E-state index contributed by atoms with van der Waals surface area (Å²) in [6, 6.07) is 7.80. The molecular formula is C14H21NO2. The smallest absolute Gasteiger partial charge is 0.124 e. The third kappa shape index (κ3) is 2.61. The normalized spacial score (nSPS) is 26.5. The van der Waals surface area contributed by atoms with E-state index < -0.39 is 5.60 Å². The highest BCUT2D eigenvalue weighted by Gasteiger charge is 2.33. The minimum absolute atomic E-state index is 0.739. The molecule has 3 heteroatoms. The summed E-state index contributed by atoms with van der Waals surface area (Å²) in [6.45, 7) is 1.98. The lowest BCUT2D eigenvalue weighted by Gasteiger charge is -2.28. The molecule has 1 aromatic carbocycles. The van der Waals surface area contributed by atoms with Gasteiger partial charge in [0.15, 0.2) is 0 Å². The average Bonchev–Trinajstić information content (AvgIpc) is 2.52. The molecule has 17 heavy (non-hydrogen) atoms. The number of likely N-dealkylation sites (tertiary alicyclic amines) is 1. The predicted molar refractivity (Wildman–Crippen MR) is 68.2 cm³/mol. The van der Waals surface area contributed by atoms with E-state index >= 15 is 0 Å². The highest BCUT2D eigenvalue weighted by molar-refractivity contribution is 5.38. The van der Waals surface area contributed by atoms with Crippen LogP contribution >= 0.6 is 0 Å². The second-order valence-corrected chi connectivity index (χ2v) is 4.89. The summed E-state index contributed by atoms with van der Waals surface area (Å²) in [5, 5.41) is 10.8. The maximum atomic E-state index is 10.8. The first kappa shape index (κ1) is 12.4. The van der Waals surface area contributed by atoms with Crippen LogP contribution in [-0.4, -0.2) is 37.3 Å². The lowest BCUT2D eigenvalue weighted by atomic mass is 9.86. The third-order valence-electron chi connectivity index (χ3n) is 3.65. The number of benzene rings is 1. The van der Waals surface area contributed by atoms with Crippen molar-refractivity contribution in [1.82, 2.24) is 4.90 Å². The summed E-state index contributed by atoms with van der Waals surface area (Å²) >= 11 is 0. The Balaban J connectivity index is 2.29. The maximum absolute atomic E-state index is 10.8. The summed E-state index contributed by atoms with van der Waals surface area (Å²) in [4.78, 5) is 2.27. The van der Waals surface area contributed by atoms with E-state index in [-0.39, 0.29) is 0 Å². The van der Waals surface area contributed by atoms with Crippen molar-refractivity contribution in [2.75, 3.05) is 27.2 Å². The molecule has 1 aromatic rings. The first-order chi connectivity index (χ1) is 8.15. The van der Waals surface area contributed by atoms with Crippen LogP contribution in [0.25, 0.3) is 0 Å². The van der Waals surface area contributed by atoms with Crippen LogP contribution in [-0.2, 0) is 5.60 Å². The molecule has 0 spiro atoms. The largest absolute Gasteiger partial charge is 0.496 e. The Morgan fingerprint density at radius 2 is 2.00 bits per heavy atom. The van der Waals surface area contributed by atoms with Gasteiger partial charge in [-0.2, -0.15) is 0 Å². The molecule has 0 bridgehead atoms. The third-order valence-corrected chi connectivity index (χ3v) is 3.65. The zero-order valence-electron chi connectivity index (χ0n) is 10.6. The van der Waals surface area contributed by atoms with Crippen LogP contribution in [0.5, 0.6) is 5.75 Å². The fourth-order valence-electron chi connectivity index (χ4n) is 2.55. The molecule has 1 N–H and O–H groups in total. The van der Waals surface area contributed by atoms with Gasteiger partial charge < -0.3 is 14.7 Å². The van der Waals surface area contributed by atoms with Gasteiger partial charge in [0, 0.05) is 12.1 Å². The van der Waals surface area contributed by atoms with E-state index in [4.69, 9.17) is 4.74 Å². The highest BCUT2D eigenvalue weighted by Crippen LogP contribution is 2.37. The van der Waals surface area contributed by atoms with Gasteiger partial charge in [0.1, 0.15) is 5.75 Å². The molecular weight excluding hydrogens is 214 g/mol. The molecule has 3 nitrogen and oxygen atoms in total. The summed E-state index contributed by atoms with van der Waals surface area (Å²) < 4.78 is 5.36. The van der Waals surface area contributed by atoms with Crippen LogP contribution < -0.4 is 4.74 Å². The number of hydrogen-bond donors (Lipinski definition) is 1. The van der Waals surface area contributed by atoms with E-state index in [0.717, 1.165) is 43.7 Å². The number of methoxy groups -OCH3 is 1. The molecule has 1 atom stereocenters. The molecule has 1 saturated heterocycles. The Kier molecular flexibility index (Phi) is 3.69.